The van der Waals surface area contributed by atoms with Gasteiger partial charge in [0.2, 0.25) is 0 Å². The summed E-state index contributed by atoms with van der Waals surface area (Å²) in [5, 5.41) is 31.3. The molecule has 4 rings (SSSR count). The fraction of sp³-hybridized carbons (Fsp3) is 0.429. The highest BCUT2D eigenvalue weighted by Gasteiger charge is 2.51. The zero-order valence-electron chi connectivity index (χ0n) is 15.7. The van der Waals surface area contributed by atoms with Crippen LogP contribution in [0.5, 0.6) is 0 Å². The summed E-state index contributed by atoms with van der Waals surface area (Å²) in [4.78, 5) is 4.30. The van der Waals surface area contributed by atoms with Crippen LogP contribution in [-0.4, -0.2) is 72.4 Å². The molecular formula is C21H26N2O5. The van der Waals surface area contributed by atoms with Crippen LogP contribution in [-0.2, 0) is 9.47 Å². The minimum atomic E-state index is -1.36. The minimum absolute atomic E-state index is 0.375. The Hall–Kier alpha value is -2.16. The molecule has 0 aromatic heterocycles. The van der Waals surface area contributed by atoms with Crippen LogP contribution in [0.2, 0.25) is 0 Å². The third-order valence-electron chi connectivity index (χ3n) is 5.53. The second kappa shape index (κ2) is 8.06. The molecule has 0 spiro atoms. The largest absolute Gasteiger partial charge is 0.387 e. The highest BCUT2D eigenvalue weighted by atomic mass is 16.7. The summed E-state index contributed by atoms with van der Waals surface area (Å²) < 4.78 is 11.2. The number of nitrogens with zero attached hydrogens (tertiary/aromatic N) is 2. The molecule has 2 aromatic rings. The third kappa shape index (κ3) is 3.36. The Bertz CT molecular complexity index is 712. The first-order chi connectivity index (χ1) is 13.6. The summed E-state index contributed by atoms with van der Waals surface area (Å²) in [6.45, 7) is 1.46. The maximum Gasteiger partial charge on any atom is 0.186 e. The standard InChI is InChI=1S/C21H26N2O5/c1-27-21-18(26)16(24)17(25)19(28-21)20-22(14-8-4-2-5-9-14)12-13-23(20)15-10-6-3-7-11-15/h2-11,16-21,24-26H,12-13H2,1H3/t16-,17-,18+,19-,21-/m0/s1. The summed E-state index contributed by atoms with van der Waals surface area (Å²) in [6.07, 6.45) is -6.11. The normalized spacial score (nSPS) is 31.4. The van der Waals surface area contributed by atoms with Crippen molar-refractivity contribution in [2.45, 2.75) is 36.9 Å². The molecule has 0 saturated carbocycles. The third-order valence-corrected chi connectivity index (χ3v) is 5.53. The van der Waals surface area contributed by atoms with Gasteiger partial charge < -0.3 is 34.6 Å². The molecule has 2 aromatic carbocycles. The number of ether oxygens (including phenoxy) is 2. The first kappa shape index (κ1) is 19.2. The van der Waals surface area contributed by atoms with Crippen molar-refractivity contribution >= 4 is 11.4 Å². The molecule has 0 unspecified atom stereocenters. The molecule has 2 saturated heterocycles. The van der Waals surface area contributed by atoms with Gasteiger partial charge >= 0.3 is 0 Å². The lowest BCUT2D eigenvalue weighted by Gasteiger charge is -2.46. The second-order valence-corrected chi connectivity index (χ2v) is 7.15. The molecule has 0 amide bonds. The lowest BCUT2D eigenvalue weighted by atomic mass is 9.96. The van der Waals surface area contributed by atoms with Crippen molar-refractivity contribution in [2.24, 2.45) is 0 Å². The van der Waals surface area contributed by atoms with Crippen LogP contribution in [0.3, 0.4) is 0 Å². The van der Waals surface area contributed by atoms with Crippen molar-refractivity contribution in [1.82, 2.24) is 0 Å². The van der Waals surface area contributed by atoms with E-state index in [0.29, 0.717) is 0 Å². The molecule has 5 atom stereocenters. The van der Waals surface area contributed by atoms with Gasteiger partial charge in [-0.15, -0.1) is 0 Å². The lowest BCUT2D eigenvalue weighted by Crippen LogP contribution is -2.65. The van der Waals surface area contributed by atoms with Crippen LogP contribution >= 0.6 is 0 Å². The fourth-order valence-electron chi connectivity index (χ4n) is 4.12. The SMILES string of the molecule is CO[C@H]1O[C@H](C2N(c3ccccc3)CCN2c2ccccc2)[C@@H](O)[C@H](O)[C@H]1O. The van der Waals surface area contributed by atoms with Crippen LogP contribution < -0.4 is 9.80 Å². The van der Waals surface area contributed by atoms with Crippen LogP contribution in [0.15, 0.2) is 60.7 Å². The Morgan fingerprint density at radius 1 is 0.786 bits per heavy atom. The van der Waals surface area contributed by atoms with Crippen molar-refractivity contribution in [3.05, 3.63) is 60.7 Å². The number of anilines is 2. The molecule has 2 aliphatic rings. The number of methoxy groups -OCH3 is 1. The Morgan fingerprint density at radius 2 is 1.29 bits per heavy atom. The summed E-state index contributed by atoms with van der Waals surface area (Å²) in [6, 6.07) is 19.8. The van der Waals surface area contributed by atoms with Crippen molar-refractivity contribution in [3.63, 3.8) is 0 Å². The lowest BCUT2D eigenvalue weighted by molar-refractivity contribution is -0.292. The summed E-state index contributed by atoms with van der Waals surface area (Å²) in [7, 11) is 1.41. The Kier molecular flexibility index (Phi) is 5.52. The van der Waals surface area contributed by atoms with Crippen molar-refractivity contribution in [2.75, 3.05) is 30.0 Å². The molecule has 7 heteroatoms. The molecule has 0 aliphatic carbocycles. The number of hydrogen-bond donors (Lipinski definition) is 3. The number of para-hydroxylation sites is 2. The summed E-state index contributed by atoms with van der Waals surface area (Å²) in [5.41, 5.74) is 1.99. The quantitative estimate of drug-likeness (QED) is 0.716. The van der Waals surface area contributed by atoms with Gasteiger partial charge in [0.05, 0.1) is 0 Å². The van der Waals surface area contributed by atoms with E-state index < -0.39 is 30.7 Å². The van der Waals surface area contributed by atoms with Gasteiger partial charge in [-0.25, -0.2) is 0 Å². The molecular weight excluding hydrogens is 360 g/mol. The summed E-state index contributed by atoms with van der Waals surface area (Å²) >= 11 is 0. The molecule has 7 nitrogen and oxygen atoms in total. The van der Waals surface area contributed by atoms with Gasteiger partial charge in [0, 0.05) is 31.6 Å². The fourth-order valence-corrected chi connectivity index (χ4v) is 4.12. The molecule has 150 valence electrons. The van der Waals surface area contributed by atoms with Crippen LogP contribution in [0.25, 0.3) is 0 Å². The van der Waals surface area contributed by atoms with Gasteiger partial charge in [-0.3, -0.25) is 0 Å². The number of aliphatic hydroxyl groups excluding tert-OH is 3. The van der Waals surface area contributed by atoms with E-state index in [1.54, 1.807) is 0 Å². The Labute approximate surface area is 164 Å². The topological polar surface area (TPSA) is 85.6 Å². The number of rotatable bonds is 4. The van der Waals surface area contributed by atoms with Crippen LogP contribution in [0.1, 0.15) is 0 Å². The van der Waals surface area contributed by atoms with Gasteiger partial charge in [-0.2, -0.15) is 0 Å². The zero-order chi connectivity index (χ0) is 19.7. The average Bonchev–Trinajstić information content (AvgIpc) is 3.18. The molecule has 2 aliphatic heterocycles. The Balaban J connectivity index is 1.72. The van der Waals surface area contributed by atoms with Crippen molar-refractivity contribution in [1.29, 1.82) is 0 Å². The molecule has 0 radical (unpaired) electrons. The van der Waals surface area contributed by atoms with Gasteiger partial charge in [-0.05, 0) is 24.3 Å². The van der Waals surface area contributed by atoms with E-state index in [2.05, 4.69) is 9.80 Å². The smallest absolute Gasteiger partial charge is 0.186 e. The van der Waals surface area contributed by atoms with E-state index in [9.17, 15) is 15.3 Å². The van der Waals surface area contributed by atoms with Crippen LogP contribution in [0.4, 0.5) is 11.4 Å². The van der Waals surface area contributed by atoms with Gasteiger partial charge in [0.1, 0.15) is 30.6 Å². The molecule has 28 heavy (non-hydrogen) atoms. The van der Waals surface area contributed by atoms with E-state index in [-0.39, 0.29) is 6.17 Å². The monoisotopic (exact) mass is 386 g/mol. The second-order valence-electron chi connectivity index (χ2n) is 7.15. The van der Waals surface area contributed by atoms with Crippen LogP contribution in [0, 0.1) is 0 Å². The highest BCUT2D eigenvalue weighted by Crippen LogP contribution is 2.35. The van der Waals surface area contributed by atoms with E-state index >= 15 is 0 Å². The molecule has 2 heterocycles. The maximum absolute atomic E-state index is 10.8. The predicted octanol–water partition coefficient (Wildman–Crippen LogP) is 0.793. The van der Waals surface area contributed by atoms with Gasteiger partial charge in [0.15, 0.2) is 6.29 Å². The number of benzene rings is 2. The average molecular weight is 386 g/mol. The van der Waals surface area contributed by atoms with Crippen molar-refractivity contribution in [3.8, 4) is 0 Å². The highest BCUT2D eigenvalue weighted by molar-refractivity contribution is 5.57. The van der Waals surface area contributed by atoms with E-state index in [1.807, 2.05) is 60.7 Å². The molecule has 0 bridgehead atoms. The maximum atomic E-state index is 10.8. The number of hydrogen-bond acceptors (Lipinski definition) is 7. The zero-order valence-corrected chi connectivity index (χ0v) is 15.7. The van der Waals surface area contributed by atoms with Gasteiger partial charge in [-0.1, -0.05) is 36.4 Å². The predicted molar refractivity (Wildman–Crippen MR) is 105 cm³/mol. The number of aliphatic hydroxyl groups is 3. The molecule has 2 fully saturated rings. The minimum Gasteiger partial charge on any atom is -0.387 e. The van der Waals surface area contributed by atoms with Crippen molar-refractivity contribution < 1.29 is 24.8 Å². The Morgan fingerprint density at radius 3 is 1.75 bits per heavy atom. The first-order valence-electron chi connectivity index (χ1n) is 9.47. The summed E-state index contributed by atoms with van der Waals surface area (Å²) in [5.74, 6) is 0. The first-order valence-corrected chi connectivity index (χ1v) is 9.47. The molecule has 3 N–H and O–H groups in total. The van der Waals surface area contributed by atoms with E-state index in [0.717, 1.165) is 24.5 Å². The van der Waals surface area contributed by atoms with E-state index in [4.69, 9.17) is 9.47 Å². The van der Waals surface area contributed by atoms with E-state index in [1.165, 1.54) is 7.11 Å². The van der Waals surface area contributed by atoms with Gasteiger partial charge in [0.25, 0.3) is 0 Å².